The first kappa shape index (κ1) is 24.6. The van der Waals surface area contributed by atoms with Crippen molar-refractivity contribution in [1.82, 2.24) is 0 Å². The Morgan fingerprint density at radius 3 is 1.50 bits per heavy atom. The molecule has 3 rings (SSSR count). The van der Waals surface area contributed by atoms with Crippen LogP contribution < -0.4 is 0 Å². The first-order valence-electron chi connectivity index (χ1n) is 14.3. The van der Waals surface area contributed by atoms with Gasteiger partial charge in [-0.1, -0.05) is 91.4 Å². The molecule has 1 N–H and O–H groups in total. The molecule has 0 amide bonds. The minimum Gasteiger partial charge on any atom is -0.396 e. The molecular formula is C29H54O. The molecule has 3 fully saturated rings. The monoisotopic (exact) mass is 418 g/mol. The van der Waals surface area contributed by atoms with Crippen LogP contribution in [0.5, 0.6) is 0 Å². The average Bonchev–Trinajstić information content (AvgIpc) is 2.81. The molecule has 0 radical (unpaired) electrons. The zero-order valence-corrected chi connectivity index (χ0v) is 20.8. The third-order valence-corrected chi connectivity index (χ3v) is 10.2. The van der Waals surface area contributed by atoms with E-state index in [0.717, 1.165) is 53.8 Å². The third kappa shape index (κ3) is 6.73. The Morgan fingerprint density at radius 2 is 1.00 bits per heavy atom. The van der Waals surface area contributed by atoms with Crippen molar-refractivity contribution < 1.29 is 5.11 Å². The first-order valence-corrected chi connectivity index (χ1v) is 14.3. The normalized spacial score (nSPS) is 40.4. The quantitative estimate of drug-likeness (QED) is 0.376. The molecule has 3 saturated carbocycles. The Kier molecular flexibility index (Phi) is 10.5. The minimum absolute atomic E-state index is 0.388. The summed E-state index contributed by atoms with van der Waals surface area (Å²) < 4.78 is 0. The van der Waals surface area contributed by atoms with Crippen LogP contribution in [0.4, 0.5) is 0 Å². The molecule has 3 aliphatic carbocycles. The molecule has 0 bridgehead atoms. The Balaban J connectivity index is 1.46. The van der Waals surface area contributed by atoms with Gasteiger partial charge in [0.25, 0.3) is 0 Å². The van der Waals surface area contributed by atoms with E-state index in [0.29, 0.717) is 6.61 Å². The van der Waals surface area contributed by atoms with Crippen LogP contribution in [0.25, 0.3) is 0 Å². The van der Waals surface area contributed by atoms with Gasteiger partial charge in [0.2, 0.25) is 0 Å². The van der Waals surface area contributed by atoms with Crippen LogP contribution in [-0.2, 0) is 0 Å². The van der Waals surface area contributed by atoms with E-state index in [4.69, 9.17) is 0 Å². The van der Waals surface area contributed by atoms with Gasteiger partial charge in [-0.15, -0.1) is 0 Å². The molecule has 0 aromatic heterocycles. The second-order valence-corrected chi connectivity index (χ2v) is 11.8. The largest absolute Gasteiger partial charge is 0.396 e. The molecule has 3 aliphatic rings. The fourth-order valence-corrected chi connectivity index (χ4v) is 8.14. The fourth-order valence-electron chi connectivity index (χ4n) is 8.14. The van der Waals surface area contributed by atoms with Crippen LogP contribution in [0.1, 0.15) is 130 Å². The second-order valence-electron chi connectivity index (χ2n) is 11.8. The van der Waals surface area contributed by atoms with Crippen molar-refractivity contribution in [3.8, 4) is 0 Å². The van der Waals surface area contributed by atoms with Crippen molar-refractivity contribution in [2.45, 2.75) is 130 Å². The molecular weight excluding hydrogens is 364 g/mol. The molecule has 30 heavy (non-hydrogen) atoms. The highest BCUT2D eigenvalue weighted by molar-refractivity contribution is 4.90. The summed E-state index contributed by atoms with van der Waals surface area (Å²) in [5, 5.41) is 9.22. The molecule has 6 atom stereocenters. The summed E-state index contributed by atoms with van der Waals surface area (Å²) in [6.07, 6.45) is 24.7. The summed E-state index contributed by atoms with van der Waals surface area (Å²) in [4.78, 5) is 0. The van der Waals surface area contributed by atoms with Crippen LogP contribution in [0.2, 0.25) is 0 Å². The van der Waals surface area contributed by atoms with E-state index in [1.54, 1.807) is 6.42 Å². The Bertz CT molecular complexity index is 451. The Hall–Kier alpha value is -0.0400. The summed E-state index contributed by atoms with van der Waals surface area (Å²) in [6.45, 7) is 7.71. The second kappa shape index (κ2) is 12.9. The fraction of sp³-hybridized carbons (Fsp3) is 1.00. The van der Waals surface area contributed by atoms with Gasteiger partial charge in [-0.05, 0) is 85.9 Å². The van der Waals surface area contributed by atoms with Crippen LogP contribution in [0.15, 0.2) is 0 Å². The van der Waals surface area contributed by atoms with E-state index in [1.807, 2.05) is 0 Å². The van der Waals surface area contributed by atoms with Crippen molar-refractivity contribution in [1.29, 1.82) is 0 Å². The maximum atomic E-state index is 9.22. The zero-order chi connectivity index (χ0) is 21.3. The molecule has 6 unspecified atom stereocenters. The number of aliphatic hydroxyl groups excluding tert-OH is 1. The van der Waals surface area contributed by atoms with Gasteiger partial charge in [0.15, 0.2) is 0 Å². The number of aliphatic hydroxyl groups is 1. The van der Waals surface area contributed by atoms with E-state index in [2.05, 4.69) is 20.8 Å². The predicted octanol–water partition coefficient (Wildman–Crippen LogP) is 8.64. The van der Waals surface area contributed by atoms with Gasteiger partial charge in [-0.25, -0.2) is 0 Å². The van der Waals surface area contributed by atoms with Crippen LogP contribution in [0.3, 0.4) is 0 Å². The summed E-state index contributed by atoms with van der Waals surface area (Å²) in [5.41, 5.74) is 0. The lowest BCUT2D eigenvalue weighted by atomic mass is 9.59. The van der Waals surface area contributed by atoms with Gasteiger partial charge in [0.1, 0.15) is 0 Å². The van der Waals surface area contributed by atoms with E-state index in [1.165, 1.54) is 96.3 Å². The molecule has 1 heteroatoms. The highest BCUT2D eigenvalue weighted by atomic mass is 16.2. The van der Waals surface area contributed by atoms with Gasteiger partial charge in [-0.2, -0.15) is 0 Å². The maximum absolute atomic E-state index is 9.22. The van der Waals surface area contributed by atoms with Gasteiger partial charge in [0.05, 0.1) is 0 Å². The molecule has 176 valence electrons. The van der Waals surface area contributed by atoms with Crippen LogP contribution in [0, 0.1) is 47.3 Å². The van der Waals surface area contributed by atoms with Crippen LogP contribution in [-0.4, -0.2) is 11.7 Å². The highest BCUT2D eigenvalue weighted by Gasteiger charge is 2.40. The topological polar surface area (TPSA) is 20.2 Å². The van der Waals surface area contributed by atoms with Crippen molar-refractivity contribution in [3.63, 3.8) is 0 Å². The standard InChI is InChI=1S/C29H54O/c1-4-22-9-11-23(12-10-22)13-14-25-16-18-29(27(6-3)21-25)28-17-15-24(8-7-19-30)20-26(28)5-2/h22-30H,4-21H2,1-3H3. The summed E-state index contributed by atoms with van der Waals surface area (Å²) in [6, 6.07) is 0. The molecule has 1 nitrogen and oxygen atoms in total. The summed E-state index contributed by atoms with van der Waals surface area (Å²) in [7, 11) is 0. The Labute approximate surface area is 189 Å². The van der Waals surface area contributed by atoms with Gasteiger partial charge in [-0.3, -0.25) is 0 Å². The van der Waals surface area contributed by atoms with Crippen molar-refractivity contribution in [3.05, 3.63) is 0 Å². The number of hydrogen-bond donors (Lipinski definition) is 1. The lowest BCUT2D eigenvalue weighted by Gasteiger charge is -2.46. The predicted molar refractivity (Wildman–Crippen MR) is 131 cm³/mol. The van der Waals surface area contributed by atoms with E-state index < -0.39 is 0 Å². The van der Waals surface area contributed by atoms with E-state index >= 15 is 0 Å². The Morgan fingerprint density at radius 1 is 0.533 bits per heavy atom. The lowest BCUT2D eigenvalue weighted by molar-refractivity contribution is 0.0369. The molecule has 0 saturated heterocycles. The molecule has 0 heterocycles. The summed E-state index contributed by atoms with van der Waals surface area (Å²) >= 11 is 0. The molecule has 0 aliphatic heterocycles. The van der Waals surface area contributed by atoms with Crippen molar-refractivity contribution >= 4 is 0 Å². The van der Waals surface area contributed by atoms with E-state index in [9.17, 15) is 5.11 Å². The third-order valence-electron chi connectivity index (χ3n) is 10.2. The van der Waals surface area contributed by atoms with Crippen LogP contribution >= 0.6 is 0 Å². The van der Waals surface area contributed by atoms with Gasteiger partial charge in [0, 0.05) is 6.61 Å². The molecule has 0 aromatic rings. The molecule has 0 aromatic carbocycles. The smallest absolute Gasteiger partial charge is 0.0431 e. The van der Waals surface area contributed by atoms with Crippen molar-refractivity contribution in [2.24, 2.45) is 47.3 Å². The maximum Gasteiger partial charge on any atom is 0.0431 e. The van der Waals surface area contributed by atoms with Crippen molar-refractivity contribution in [2.75, 3.05) is 6.61 Å². The van der Waals surface area contributed by atoms with Gasteiger partial charge >= 0.3 is 0 Å². The number of rotatable bonds is 10. The molecule has 0 spiro atoms. The highest BCUT2D eigenvalue weighted by Crippen LogP contribution is 2.50. The lowest BCUT2D eigenvalue weighted by Crippen LogP contribution is -2.37. The number of hydrogen-bond acceptors (Lipinski definition) is 1. The minimum atomic E-state index is 0.388. The van der Waals surface area contributed by atoms with Gasteiger partial charge < -0.3 is 5.11 Å². The summed E-state index contributed by atoms with van der Waals surface area (Å²) in [5.74, 6) is 8.05. The average molecular weight is 419 g/mol. The zero-order valence-electron chi connectivity index (χ0n) is 20.8. The first-order chi connectivity index (χ1) is 14.7. The SMILES string of the molecule is CCC1CCC(CCC2CCC(C3CCC(CCCO)CC3CC)C(CC)C2)CC1. The van der Waals surface area contributed by atoms with E-state index in [-0.39, 0.29) is 0 Å².